The van der Waals surface area contributed by atoms with E-state index >= 15 is 0 Å². The molecular formula is C7H9ClN2O2. The third-order valence-electron chi connectivity index (χ3n) is 1.23. The molecule has 0 bridgehead atoms. The van der Waals surface area contributed by atoms with Gasteiger partial charge in [0.1, 0.15) is 0 Å². The van der Waals surface area contributed by atoms with E-state index in [1.807, 2.05) is 6.92 Å². The fourth-order valence-corrected chi connectivity index (χ4v) is 0.825. The molecule has 0 amide bonds. The van der Waals surface area contributed by atoms with Crippen molar-refractivity contribution in [2.45, 2.75) is 13.3 Å². The average Bonchev–Trinajstić information content (AvgIpc) is 2.08. The molecule has 0 aliphatic heterocycles. The van der Waals surface area contributed by atoms with Gasteiger partial charge in [-0.1, -0.05) is 18.5 Å². The quantitative estimate of drug-likeness (QED) is 0.776. The van der Waals surface area contributed by atoms with Crippen LogP contribution in [0.4, 0.5) is 0 Å². The molecule has 0 aliphatic carbocycles. The Labute approximate surface area is 74.5 Å². The van der Waals surface area contributed by atoms with Crippen LogP contribution >= 0.6 is 11.6 Å². The summed E-state index contributed by atoms with van der Waals surface area (Å²) in [5.74, 6) is 0.335. The molecule has 0 saturated carbocycles. The van der Waals surface area contributed by atoms with Crippen LogP contribution in [0.2, 0.25) is 5.02 Å². The molecule has 1 rings (SSSR count). The predicted molar refractivity (Wildman–Crippen MR) is 45.7 cm³/mol. The minimum atomic E-state index is -0.426. The first-order valence-electron chi connectivity index (χ1n) is 3.61. The Hall–Kier alpha value is -1.03. The summed E-state index contributed by atoms with van der Waals surface area (Å²) in [5.41, 5.74) is -0.426. The summed E-state index contributed by atoms with van der Waals surface area (Å²) in [5, 5.41) is 5.80. The molecule has 0 spiro atoms. The SMILES string of the molecule is CCCOc1cn[nH]c(=O)c1Cl. The molecule has 1 heterocycles. The van der Waals surface area contributed by atoms with Crippen molar-refractivity contribution >= 4 is 11.6 Å². The van der Waals surface area contributed by atoms with Gasteiger partial charge in [-0.15, -0.1) is 0 Å². The molecule has 0 atom stereocenters. The molecule has 0 saturated heterocycles. The van der Waals surface area contributed by atoms with Crippen molar-refractivity contribution in [1.82, 2.24) is 10.2 Å². The fourth-order valence-electron chi connectivity index (χ4n) is 0.680. The van der Waals surface area contributed by atoms with Crippen molar-refractivity contribution in [1.29, 1.82) is 0 Å². The zero-order valence-corrected chi connectivity index (χ0v) is 7.39. The summed E-state index contributed by atoms with van der Waals surface area (Å²) in [7, 11) is 0. The van der Waals surface area contributed by atoms with E-state index in [-0.39, 0.29) is 5.02 Å². The van der Waals surface area contributed by atoms with E-state index in [0.717, 1.165) is 6.42 Å². The molecule has 1 N–H and O–H groups in total. The number of hydrogen-bond donors (Lipinski definition) is 1. The lowest BCUT2D eigenvalue weighted by Crippen LogP contribution is -2.10. The van der Waals surface area contributed by atoms with E-state index in [2.05, 4.69) is 10.2 Å². The maximum atomic E-state index is 10.9. The maximum absolute atomic E-state index is 10.9. The van der Waals surface area contributed by atoms with E-state index in [1.165, 1.54) is 6.20 Å². The van der Waals surface area contributed by atoms with Gasteiger partial charge in [0.15, 0.2) is 10.8 Å². The molecular weight excluding hydrogens is 180 g/mol. The Morgan fingerprint density at radius 2 is 2.50 bits per heavy atom. The number of rotatable bonds is 3. The predicted octanol–water partition coefficient (Wildman–Crippen LogP) is 1.21. The molecule has 4 nitrogen and oxygen atoms in total. The second-order valence-electron chi connectivity index (χ2n) is 2.23. The van der Waals surface area contributed by atoms with Gasteiger partial charge in [0.05, 0.1) is 12.8 Å². The second-order valence-corrected chi connectivity index (χ2v) is 2.60. The van der Waals surface area contributed by atoms with Crippen LogP contribution in [-0.4, -0.2) is 16.8 Å². The van der Waals surface area contributed by atoms with Crippen LogP contribution < -0.4 is 10.3 Å². The maximum Gasteiger partial charge on any atom is 0.286 e. The van der Waals surface area contributed by atoms with E-state index < -0.39 is 5.56 Å². The minimum absolute atomic E-state index is 0.0541. The summed E-state index contributed by atoms with van der Waals surface area (Å²) >= 11 is 5.62. The zero-order valence-electron chi connectivity index (χ0n) is 6.63. The topological polar surface area (TPSA) is 55.0 Å². The third kappa shape index (κ3) is 1.98. The Kier molecular flexibility index (Phi) is 3.10. The highest BCUT2D eigenvalue weighted by molar-refractivity contribution is 6.31. The Morgan fingerprint density at radius 1 is 1.75 bits per heavy atom. The Bertz CT molecular complexity index is 311. The molecule has 12 heavy (non-hydrogen) atoms. The van der Waals surface area contributed by atoms with Crippen LogP contribution in [0.5, 0.6) is 5.75 Å². The lowest BCUT2D eigenvalue weighted by Gasteiger charge is -2.03. The summed E-state index contributed by atoms with van der Waals surface area (Å²) in [6, 6.07) is 0. The van der Waals surface area contributed by atoms with Crippen LogP contribution in [0.25, 0.3) is 0 Å². The van der Waals surface area contributed by atoms with Crippen LogP contribution in [0, 0.1) is 0 Å². The number of hydrogen-bond acceptors (Lipinski definition) is 3. The van der Waals surface area contributed by atoms with Crippen molar-refractivity contribution in [2.24, 2.45) is 0 Å². The molecule has 0 aromatic carbocycles. The van der Waals surface area contributed by atoms with Crippen LogP contribution in [0.3, 0.4) is 0 Å². The number of H-pyrrole nitrogens is 1. The first-order valence-corrected chi connectivity index (χ1v) is 3.99. The lowest BCUT2D eigenvalue weighted by atomic mass is 10.5. The third-order valence-corrected chi connectivity index (χ3v) is 1.58. The highest BCUT2D eigenvalue weighted by Gasteiger charge is 2.04. The molecule has 0 radical (unpaired) electrons. The Morgan fingerprint density at radius 3 is 3.17 bits per heavy atom. The summed E-state index contributed by atoms with van der Waals surface area (Å²) < 4.78 is 5.15. The standard InChI is InChI=1S/C7H9ClN2O2/c1-2-3-12-5-4-9-10-7(11)6(5)8/h4H,2-3H2,1H3,(H,10,11). The molecule has 1 aromatic rings. The molecule has 0 aliphatic rings. The van der Waals surface area contributed by atoms with E-state index in [0.29, 0.717) is 12.4 Å². The van der Waals surface area contributed by atoms with Crippen LogP contribution in [-0.2, 0) is 0 Å². The second kappa shape index (κ2) is 4.11. The number of halogens is 1. The van der Waals surface area contributed by atoms with Gasteiger partial charge in [0, 0.05) is 0 Å². The summed E-state index contributed by atoms with van der Waals surface area (Å²) in [6.45, 7) is 2.50. The van der Waals surface area contributed by atoms with Gasteiger partial charge >= 0.3 is 0 Å². The highest BCUT2D eigenvalue weighted by Crippen LogP contribution is 2.17. The van der Waals surface area contributed by atoms with Crippen LogP contribution in [0.1, 0.15) is 13.3 Å². The van der Waals surface area contributed by atoms with Crippen molar-refractivity contribution in [2.75, 3.05) is 6.61 Å². The fraction of sp³-hybridized carbons (Fsp3) is 0.429. The highest BCUT2D eigenvalue weighted by atomic mass is 35.5. The van der Waals surface area contributed by atoms with Crippen molar-refractivity contribution in [3.63, 3.8) is 0 Å². The number of nitrogens with zero attached hydrogens (tertiary/aromatic N) is 1. The summed E-state index contributed by atoms with van der Waals surface area (Å²) in [6.07, 6.45) is 2.25. The molecule has 66 valence electrons. The normalized spacial score (nSPS) is 9.83. The Balaban J connectivity index is 2.85. The molecule has 5 heteroatoms. The van der Waals surface area contributed by atoms with Gasteiger partial charge in [0.25, 0.3) is 5.56 Å². The van der Waals surface area contributed by atoms with Crippen molar-refractivity contribution < 1.29 is 4.74 Å². The molecule has 0 unspecified atom stereocenters. The number of aromatic nitrogens is 2. The smallest absolute Gasteiger partial charge is 0.286 e. The number of nitrogens with one attached hydrogen (secondary N) is 1. The first kappa shape index (κ1) is 9.06. The first-order chi connectivity index (χ1) is 5.75. The van der Waals surface area contributed by atoms with Crippen molar-refractivity contribution in [3.05, 3.63) is 21.6 Å². The van der Waals surface area contributed by atoms with Gasteiger partial charge in [0.2, 0.25) is 0 Å². The van der Waals surface area contributed by atoms with E-state index in [1.54, 1.807) is 0 Å². The van der Waals surface area contributed by atoms with Gasteiger partial charge in [-0.25, -0.2) is 5.10 Å². The largest absolute Gasteiger partial charge is 0.490 e. The van der Waals surface area contributed by atoms with E-state index in [4.69, 9.17) is 16.3 Å². The number of ether oxygens (including phenoxy) is 1. The molecule has 1 aromatic heterocycles. The zero-order chi connectivity index (χ0) is 8.97. The van der Waals surface area contributed by atoms with Gasteiger partial charge in [-0.05, 0) is 6.42 Å². The van der Waals surface area contributed by atoms with Crippen molar-refractivity contribution in [3.8, 4) is 5.75 Å². The molecule has 0 fully saturated rings. The van der Waals surface area contributed by atoms with Gasteiger partial charge < -0.3 is 4.74 Å². The monoisotopic (exact) mass is 188 g/mol. The number of aromatic amines is 1. The minimum Gasteiger partial charge on any atom is -0.490 e. The average molecular weight is 189 g/mol. The lowest BCUT2D eigenvalue weighted by molar-refractivity contribution is 0.315. The van der Waals surface area contributed by atoms with Crippen LogP contribution in [0.15, 0.2) is 11.0 Å². The van der Waals surface area contributed by atoms with Gasteiger partial charge in [-0.3, -0.25) is 4.79 Å². The summed E-state index contributed by atoms with van der Waals surface area (Å²) in [4.78, 5) is 10.9. The van der Waals surface area contributed by atoms with Gasteiger partial charge in [-0.2, -0.15) is 5.10 Å². The van der Waals surface area contributed by atoms with E-state index in [9.17, 15) is 4.79 Å².